The van der Waals surface area contributed by atoms with Crippen LogP contribution in [0.1, 0.15) is 44.2 Å². The first-order valence-electron chi connectivity index (χ1n) is 12.8. The van der Waals surface area contributed by atoms with Gasteiger partial charge in [0.15, 0.2) is 0 Å². The lowest BCUT2D eigenvalue weighted by Crippen LogP contribution is -2.49. The van der Waals surface area contributed by atoms with E-state index >= 15 is 0 Å². The molecule has 8 nitrogen and oxygen atoms in total. The van der Waals surface area contributed by atoms with E-state index < -0.39 is 12.1 Å². The van der Waals surface area contributed by atoms with E-state index in [-0.39, 0.29) is 24.9 Å². The summed E-state index contributed by atoms with van der Waals surface area (Å²) in [6.45, 7) is 6.59. The smallest absolute Gasteiger partial charge is 0.317 e. The number of ether oxygens (including phenoxy) is 1. The summed E-state index contributed by atoms with van der Waals surface area (Å²) in [6.07, 6.45) is 1.63. The van der Waals surface area contributed by atoms with Gasteiger partial charge in [0.2, 0.25) is 5.91 Å². The summed E-state index contributed by atoms with van der Waals surface area (Å²) in [5, 5.41) is 20.0. The predicted molar refractivity (Wildman–Crippen MR) is 143 cm³/mol. The maximum absolute atomic E-state index is 12.7. The van der Waals surface area contributed by atoms with E-state index in [2.05, 4.69) is 16.0 Å². The molecule has 0 saturated heterocycles. The Morgan fingerprint density at radius 1 is 1.00 bits per heavy atom. The van der Waals surface area contributed by atoms with Crippen LogP contribution in [0.15, 0.2) is 54.6 Å². The first-order valence-corrected chi connectivity index (χ1v) is 12.8. The molecule has 0 aliphatic rings. The number of amides is 3. The third-order valence-electron chi connectivity index (χ3n) is 5.83. The van der Waals surface area contributed by atoms with Crippen molar-refractivity contribution in [2.75, 3.05) is 33.3 Å². The van der Waals surface area contributed by atoms with Crippen LogP contribution in [-0.4, -0.2) is 67.4 Å². The molecule has 0 unspecified atom stereocenters. The number of hydrogen-bond donors (Lipinski definition) is 4. The minimum atomic E-state index is -0.793. The van der Waals surface area contributed by atoms with Crippen LogP contribution in [0.4, 0.5) is 4.79 Å². The van der Waals surface area contributed by atoms with Crippen molar-refractivity contribution in [3.8, 4) is 5.75 Å². The highest BCUT2D eigenvalue weighted by Gasteiger charge is 2.22. The van der Waals surface area contributed by atoms with Crippen LogP contribution in [0.3, 0.4) is 0 Å². The maximum atomic E-state index is 12.7. The highest BCUT2D eigenvalue weighted by Crippen LogP contribution is 2.12. The van der Waals surface area contributed by atoms with Crippen molar-refractivity contribution in [1.29, 1.82) is 0 Å². The van der Waals surface area contributed by atoms with E-state index in [1.54, 1.807) is 12.0 Å². The van der Waals surface area contributed by atoms with E-state index in [1.165, 1.54) is 0 Å². The second-order valence-electron chi connectivity index (χ2n) is 8.88. The van der Waals surface area contributed by atoms with Gasteiger partial charge in [-0.05, 0) is 42.5 Å². The molecule has 0 heterocycles. The highest BCUT2D eigenvalue weighted by molar-refractivity contribution is 5.78. The molecule has 2 atom stereocenters. The first kappa shape index (κ1) is 29.1. The van der Waals surface area contributed by atoms with Gasteiger partial charge in [-0.2, -0.15) is 0 Å². The molecule has 0 radical (unpaired) electrons. The maximum Gasteiger partial charge on any atom is 0.317 e. The number of aliphatic hydroxyl groups is 1. The van der Waals surface area contributed by atoms with Crippen LogP contribution in [0.25, 0.3) is 0 Å². The monoisotopic (exact) mass is 498 g/mol. The Morgan fingerprint density at radius 3 is 2.36 bits per heavy atom. The Labute approximate surface area is 215 Å². The lowest BCUT2D eigenvalue weighted by atomic mass is 10.0. The number of nitrogens with one attached hydrogen (secondary N) is 3. The Morgan fingerprint density at radius 2 is 1.69 bits per heavy atom. The fourth-order valence-corrected chi connectivity index (χ4v) is 3.97. The van der Waals surface area contributed by atoms with Crippen molar-refractivity contribution in [2.45, 2.75) is 58.2 Å². The van der Waals surface area contributed by atoms with E-state index in [9.17, 15) is 14.7 Å². The third-order valence-corrected chi connectivity index (χ3v) is 5.83. The molecule has 8 heteroatoms. The molecule has 198 valence electrons. The normalized spacial score (nSPS) is 12.4. The Balaban J connectivity index is 1.89. The molecule has 0 fully saturated rings. The minimum absolute atomic E-state index is 0.144. The Kier molecular flexibility index (Phi) is 13.4. The molecule has 2 rings (SSSR count). The molecule has 0 aromatic heterocycles. The zero-order valence-corrected chi connectivity index (χ0v) is 21.8. The lowest BCUT2D eigenvalue weighted by molar-refractivity contribution is -0.122. The molecule has 0 aliphatic carbocycles. The zero-order valence-electron chi connectivity index (χ0n) is 21.8. The quantitative estimate of drug-likeness (QED) is 0.285. The first-order chi connectivity index (χ1) is 17.5. The average molecular weight is 499 g/mol. The van der Waals surface area contributed by atoms with Gasteiger partial charge in [0.25, 0.3) is 0 Å². The molecule has 0 spiro atoms. The fourth-order valence-electron chi connectivity index (χ4n) is 3.97. The van der Waals surface area contributed by atoms with Gasteiger partial charge in [-0.3, -0.25) is 4.79 Å². The molecule has 2 aromatic rings. The zero-order chi connectivity index (χ0) is 26.2. The number of urea groups is 1. The van der Waals surface area contributed by atoms with Crippen LogP contribution < -0.4 is 20.7 Å². The number of aliphatic hydroxyl groups excluding tert-OH is 1. The van der Waals surface area contributed by atoms with Crippen molar-refractivity contribution >= 4 is 11.9 Å². The van der Waals surface area contributed by atoms with Crippen LogP contribution in [-0.2, 0) is 17.8 Å². The average Bonchev–Trinajstić information content (AvgIpc) is 2.88. The predicted octanol–water partition coefficient (Wildman–Crippen LogP) is 3.09. The summed E-state index contributed by atoms with van der Waals surface area (Å²) in [7, 11) is 1.63. The number of nitrogens with zero attached hydrogens (tertiary/aromatic N) is 1. The second kappa shape index (κ2) is 16.5. The number of hydrogen-bond acceptors (Lipinski definition) is 5. The Bertz CT molecular complexity index is 903. The van der Waals surface area contributed by atoms with E-state index in [1.807, 2.05) is 68.4 Å². The van der Waals surface area contributed by atoms with Crippen molar-refractivity contribution in [3.63, 3.8) is 0 Å². The molecule has 3 amide bonds. The molecule has 2 aromatic carbocycles. The third kappa shape index (κ3) is 10.7. The summed E-state index contributed by atoms with van der Waals surface area (Å²) < 4.78 is 5.26. The number of rotatable bonds is 16. The topological polar surface area (TPSA) is 103 Å². The fraction of sp³-hybridized carbons (Fsp3) is 0.500. The van der Waals surface area contributed by atoms with Crippen LogP contribution >= 0.6 is 0 Å². The van der Waals surface area contributed by atoms with Crippen molar-refractivity contribution in [3.05, 3.63) is 65.7 Å². The second-order valence-corrected chi connectivity index (χ2v) is 8.88. The molecular formula is C28H42N4O4. The minimum Gasteiger partial charge on any atom is -0.497 e. The molecule has 0 saturated carbocycles. The number of methoxy groups -OCH3 is 1. The number of carbonyl (C=O) groups excluding carboxylic acids is 2. The summed E-state index contributed by atoms with van der Waals surface area (Å²) in [6, 6.07) is 16.9. The van der Waals surface area contributed by atoms with Gasteiger partial charge in [0.05, 0.1) is 19.3 Å². The highest BCUT2D eigenvalue weighted by atomic mass is 16.5. The summed E-state index contributed by atoms with van der Waals surface area (Å²) in [5.74, 6) is 0.573. The van der Waals surface area contributed by atoms with E-state index in [0.29, 0.717) is 32.6 Å². The van der Waals surface area contributed by atoms with Gasteiger partial charge in [-0.1, -0.05) is 56.3 Å². The van der Waals surface area contributed by atoms with Gasteiger partial charge < -0.3 is 30.7 Å². The van der Waals surface area contributed by atoms with Gasteiger partial charge in [0, 0.05) is 39.1 Å². The van der Waals surface area contributed by atoms with Crippen LogP contribution in [0.2, 0.25) is 0 Å². The SMILES string of the molecule is CCCN(CCC)C(=O)NCCC(=O)N[C@@H](Cc1ccccc1)[C@H](O)CNCc1cccc(OC)c1. The molecule has 0 bridgehead atoms. The van der Waals surface area contributed by atoms with Crippen LogP contribution in [0, 0.1) is 0 Å². The molecule has 4 N–H and O–H groups in total. The van der Waals surface area contributed by atoms with Gasteiger partial charge in [-0.25, -0.2) is 4.79 Å². The Hall–Kier alpha value is -3.10. The summed E-state index contributed by atoms with van der Waals surface area (Å²) in [5.41, 5.74) is 2.07. The molecule has 0 aliphatic heterocycles. The molecule has 36 heavy (non-hydrogen) atoms. The van der Waals surface area contributed by atoms with Gasteiger partial charge in [0.1, 0.15) is 5.75 Å². The summed E-state index contributed by atoms with van der Waals surface area (Å²) in [4.78, 5) is 26.8. The number of benzene rings is 2. The van der Waals surface area contributed by atoms with Crippen LogP contribution in [0.5, 0.6) is 5.75 Å². The van der Waals surface area contributed by atoms with Gasteiger partial charge in [-0.15, -0.1) is 0 Å². The largest absolute Gasteiger partial charge is 0.497 e. The van der Waals surface area contributed by atoms with Gasteiger partial charge >= 0.3 is 6.03 Å². The lowest BCUT2D eigenvalue weighted by Gasteiger charge is -2.25. The standard InChI is InChI=1S/C28H42N4O4/c1-4-16-32(17-5-2)28(35)30-15-14-27(34)31-25(19-22-10-7-6-8-11-22)26(33)21-29-20-23-12-9-13-24(18-23)36-3/h6-13,18,25-26,29,33H,4-5,14-17,19-21H2,1-3H3,(H,30,35)(H,31,34)/t25-,26+/m0/s1. The van der Waals surface area contributed by atoms with E-state index in [4.69, 9.17) is 4.74 Å². The van der Waals surface area contributed by atoms with E-state index in [0.717, 1.165) is 29.7 Å². The van der Waals surface area contributed by atoms with Crippen molar-refractivity contribution in [1.82, 2.24) is 20.9 Å². The number of carbonyl (C=O) groups is 2. The van der Waals surface area contributed by atoms with Crippen molar-refractivity contribution < 1.29 is 19.4 Å². The summed E-state index contributed by atoms with van der Waals surface area (Å²) >= 11 is 0. The molecular weight excluding hydrogens is 456 g/mol. The van der Waals surface area contributed by atoms with Crippen molar-refractivity contribution in [2.24, 2.45) is 0 Å².